The molecule has 0 aliphatic heterocycles. The summed E-state index contributed by atoms with van der Waals surface area (Å²) in [5, 5.41) is 0.566. The Morgan fingerprint density at radius 2 is 2.08 bits per heavy atom. The Morgan fingerprint density at radius 3 is 2.83 bits per heavy atom. The first kappa shape index (κ1) is 7.83. The van der Waals surface area contributed by atoms with Gasteiger partial charge in [-0.05, 0) is 18.5 Å². The molecule has 0 radical (unpaired) electrons. The summed E-state index contributed by atoms with van der Waals surface area (Å²) < 4.78 is 5.06. The molecular weight excluding hydrogens is 199 g/mol. The lowest BCUT2D eigenvalue weighted by Crippen LogP contribution is -1.86. The highest BCUT2D eigenvalue weighted by Gasteiger charge is 2.08. The van der Waals surface area contributed by atoms with Crippen molar-refractivity contribution in [2.45, 2.75) is 6.92 Å². The highest BCUT2D eigenvalue weighted by atomic mass is 35.5. The third-order valence-electron chi connectivity index (χ3n) is 1.41. The second-order valence-corrected chi connectivity index (χ2v) is 3.06. The zero-order valence-electron chi connectivity index (χ0n) is 6.14. The van der Waals surface area contributed by atoms with Gasteiger partial charge in [-0.15, -0.1) is 0 Å². The molecule has 0 fully saturated rings. The first-order valence-corrected chi connectivity index (χ1v) is 4.01. The molecular formula is C7H4Cl2N2O. The van der Waals surface area contributed by atoms with Crippen molar-refractivity contribution in [1.29, 1.82) is 0 Å². The van der Waals surface area contributed by atoms with E-state index in [1.807, 2.05) is 0 Å². The molecule has 0 spiro atoms. The molecule has 0 saturated carbocycles. The van der Waals surface area contributed by atoms with Crippen molar-refractivity contribution in [2.75, 3.05) is 0 Å². The lowest BCUT2D eigenvalue weighted by atomic mass is 10.4. The van der Waals surface area contributed by atoms with E-state index in [-0.39, 0.29) is 5.22 Å². The van der Waals surface area contributed by atoms with Crippen LogP contribution in [0.1, 0.15) is 5.82 Å². The molecule has 0 atom stereocenters. The summed E-state index contributed by atoms with van der Waals surface area (Å²) in [6.07, 6.45) is 0. The van der Waals surface area contributed by atoms with Gasteiger partial charge in [-0.2, -0.15) is 0 Å². The fourth-order valence-electron chi connectivity index (χ4n) is 0.975. The molecule has 12 heavy (non-hydrogen) atoms. The molecule has 2 rings (SSSR count). The molecule has 2 aromatic rings. The Morgan fingerprint density at radius 1 is 1.33 bits per heavy atom. The van der Waals surface area contributed by atoms with Crippen LogP contribution in [-0.2, 0) is 0 Å². The second-order valence-electron chi connectivity index (χ2n) is 2.33. The highest BCUT2D eigenvalue weighted by Crippen LogP contribution is 2.26. The van der Waals surface area contributed by atoms with Gasteiger partial charge in [0.15, 0.2) is 16.0 Å². The molecule has 0 bridgehead atoms. The predicted octanol–water partition coefficient (Wildman–Crippen LogP) is 2.84. The summed E-state index contributed by atoms with van der Waals surface area (Å²) >= 11 is 11.4. The number of aryl methyl sites for hydroxylation is 1. The van der Waals surface area contributed by atoms with Gasteiger partial charge in [0.25, 0.3) is 0 Å². The largest absolute Gasteiger partial charge is 0.440 e. The molecule has 2 aromatic heterocycles. The van der Waals surface area contributed by atoms with Gasteiger partial charge >= 0.3 is 0 Å². The molecule has 5 heteroatoms. The van der Waals surface area contributed by atoms with Crippen LogP contribution in [0.25, 0.3) is 11.1 Å². The molecule has 0 saturated heterocycles. The number of hydrogen-bond acceptors (Lipinski definition) is 3. The smallest absolute Gasteiger partial charge is 0.196 e. The van der Waals surface area contributed by atoms with Gasteiger partial charge in [-0.3, -0.25) is 0 Å². The third kappa shape index (κ3) is 1.15. The van der Waals surface area contributed by atoms with E-state index in [0.717, 1.165) is 0 Å². The molecule has 0 amide bonds. The van der Waals surface area contributed by atoms with Crippen LogP contribution in [0.15, 0.2) is 10.5 Å². The average molecular weight is 203 g/mol. The van der Waals surface area contributed by atoms with Gasteiger partial charge < -0.3 is 4.42 Å². The zero-order chi connectivity index (χ0) is 8.72. The Balaban J connectivity index is 2.88. The molecule has 2 heterocycles. The van der Waals surface area contributed by atoms with Crippen LogP contribution in [-0.4, -0.2) is 9.97 Å². The van der Waals surface area contributed by atoms with E-state index < -0.39 is 0 Å². The maximum absolute atomic E-state index is 5.77. The van der Waals surface area contributed by atoms with E-state index in [0.29, 0.717) is 22.1 Å². The van der Waals surface area contributed by atoms with Gasteiger partial charge in [-0.25, -0.2) is 9.97 Å². The molecule has 62 valence electrons. The second kappa shape index (κ2) is 2.61. The Kier molecular flexibility index (Phi) is 1.70. The topological polar surface area (TPSA) is 38.9 Å². The van der Waals surface area contributed by atoms with Gasteiger partial charge in [0.1, 0.15) is 11.3 Å². The summed E-state index contributed by atoms with van der Waals surface area (Å²) in [5.74, 6) is 0.602. The summed E-state index contributed by atoms with van der Waals surface area (Å²) in [4.78, 5) is 8.00. The average Bonchev–Trinajstić information content (AvgIpc) is 2.29. The number of fused-ring (bicyclic) bond motifs is 1. The number of nitrogens with zero attached hydrogens (tertiary/aromatic N) is 2. The maximum atomic E-state index is 5.77. The van der Waals surface area contributed by atoms with Gasteiger partial charge in [-0.1, -0.05) is 11.6 Å². The fraction of sp³-hybridized carbons (Fsp3) is 0.143. The minimum Gasteiger partial charge on any atom is -0.440 e. The standard InChI is InChI=1S/C7H4Cl2N2O/c1-3-10-4-2-5(8)12-6(4)7(9)11-3/h2H,1H3. The van der Waals surface area contributed by atoms with E-state index in [4.69, 9.17) is 27.6 Å². The van der Waals surface area contributed by atoms with Crippen molar-refractivity contribution in [3.05, 3.63) is 22.3 Å². The van der Waals surface area contributed by atoms with Crippen molar-refractivity contribution in [3.63, 3.8) is 0 Å². The highest BCUT2D eigenvalue weighted by molar-refractivity contribution is 6.34. The minimum absolute atomic E-state index is 0.270. The van der Waals surface area contributed by atoms with Crippen LogP contribution >= 0.6 is 23.2 Å². The lowest BCUT2D eigenvalue weighted by molar-refractivity contribution is 0.615. The summed E-state index contributed by atoms with van der Waals surface area (Å²) in [7, 11) is 0. The van der Waals surface area contributed by atoms with Gasteiger partial charge in [0, 0.05) is 6.07 Å². The number of halogens is 2. The number of aromatic nitrogens is 2. The molecule has 0 aliphatic carbocycles. The van der Waals surface area contributed by atoms with Crippen LogP contribution in [0.2, 0.25) is 10.4 Å². The van der Waals surface area contributed by atoms with Crippen LogP contribution in [0.4, 0.5) is 0 Å². The van der Waals surface area contributed by atoms with Crippen molar-refractivity contribution >= 4 is 34.3 Å². The number of furan rings is 1. The molecule has 0 aromatic carbocycles. The fourth-order valence-corrected chi connectivity index (χ4v) is 1.41. The molecule has 0 aliphatic rings. The maximum Gasteiger partial charge on any atom is 0.196 e. The molecule has 3 nitrogen and oxygen atoms in total. The lowest BCUT2D eigenvalue weighted by Gasteiger charge is -1.92. The van der Waals surface area contributed by atoms with Crippen molar-refractivity contribution in [3.8, 4) is 0 Å². The monoisotopic (exact) mass is 202 g/mol. The van der Waals surface area contributed by atoms with Crippen LogP contribution < -0.4 is 0 Å². The van der Waals surface area contributed by atoms with Crippen LogP contribution in [0.5, 0.6) is 0 Å². The SMILES string of the molecule is Cc1nc(Cl)c2oc(Cl)cc2n1. The summed E-state index contributed by atoms with van der Waals surface area (Å²) in [6, 6.07) is 1.61. The third-order valence-corrected chi connectivity index (χ3v) is 1.85. The van der Waals surface area contributed by atoms with Crippen molar-refractivity contribution in [2.24, 2.45) is 0 Å². The predicted molar refractivity (Wildman–Crippen MR) is 46.6 cm³/mol. The normalized spacial score (nSPS) is 10.9. The van der Waals surface area contributed by atoms with E-state index in [1.165, 1.54) is 0 Å². The molecule has 0 unspecified atom stereocenters. The van der Waals surface area contributed by atoms with Gasteiger partial charge in [0.2, 0.25) is 0 Å². The van der Waals surface area contributed by atoms with Crippen molar-refractivity contribution < 1.29 is 4.42 Å². The number of hydrogen-bond donors (Lipinski definition) is 0. The summed E-state index contributed by atoms with van der Waals surface area (Å²) in [5.41, 5.74) is 1.07. The first-order valence-electron chi connectivity index (χ1n) is 3.26. The van der Waals surface area contributed by atoms with Gasteiger partial charge in [0.05, 0.1) is 0 Å². The van der Waals surface area contributed by atoms with E-state index in [2.05, 4.69) is 9.97 Å². The molecule has 0 N–H and O–H groups in total. The van der Waals surface area contributed by atoms with E-state index in [1.54, 1.807) is 13.0 Å². The zero-order valence-corrected chi connectivity index (χ0v) is 7.65. The Hall–Kier alpha value is -0.800. The number of rotatable bonds is 0. The van der Waals surface area contributed by atoms with Crippen LogP contribution in [0, 0.1) is 6.92 Å². The van der Waals surface area contributed by atoms with E-state index >= 15 is 0 Å². The summed E-state index contributed by atoms with van der Waals surface area (Å²) in [6.45, 7) is 1.76. The Bertz CT molecular complexity index is 438. The van der Waals surface area contributed by atoms with E-state index in [9.17, 15) is 0 Å². The van der Waals surface area contributed by atoms with Crippen molar-refractivity contribution in [1.82, 2.24) is 9.97 Å². The van der Waals surface area contributed by atoms with Crippen LogP contribution in [0.3, 0.4) is 0 Å². The minimum atomic E-state index is 0.270. The quantitative estimate of drug-likeness (QED) is 0.618. The Labute approximate surface area is 78.3 Å². The first-order chi connectivity index (χ1) is 5.66.